The minimum absolute atomic E-state index is 0.0384. The van der Waals surface area contributed by atoms with Crippen molar-refractivity contribution in [2.45, 2.75) is 25.2 Å². The van der Waals surface area contributed by atoms with Gasteiger partial charge in [0.1, 0.15) is 11.9 Å². The zero-order valence-electron chi connectivity index (χ0n) is 11.4. The number of hydrogen-bond acceptors (Lipinski definition) is 4. The molecule has 122 valence electrons. The van der Waals surface area contributed by atoms with Crippen molar-refractivity contribution in [1.29, 1.82) is 0 Å². The predicted octanol–water partition coefficient (Wildman–Crippen LogP) is 1.60. The van der Waals surface area contributed by atoms with E-state index in [1.807, 2.05) is 6.92 Å². The van der Waals surface area contributed by atoms with Crippen molar-refractivity contribution in [3.8, 4) is 5.75 Å². The molecule has 1 aromatic carbocycles. The number of halogens is 3. The number of ether oxygens (including phenoxy) is 1. The number of alkyl halides is 3. The molecular formula is C13H14F3NO5. The Kier molecular flexibility index (Phi) is 5.75. The smallest absolute Gasteiger partial charge is 0.416 e. The van der Waals surface area contributed by atoms with E-state index in [0.29, 0.717) is 6.54 Å². The minimum atomic E-state index is -4.32. The Bertz CT molecular complexity index is 535. The van der Waals surface area contributed by atoms with Crippen molar-refractivity contribution in [2.24, 2.45) is 0 Å². The van der Waals surface area contributed by atoms with Gasteiger partial charge in [0, 0.05) is 12.6 Å². The Hall–Kier alpha value is -2.29. The lowest BCUT2D eigenvalue weighted by atomic mass is 10.1. The van der Waals surface area contributed by atoms with E-state index in [2.05, 4.69) is 5.32 Å². The number of rotatable bonds is 2. The molecule has 0 amide bonds. The van der Waals surface area contributed by atoms with Gasteiger partial charge in [-0.3, -0.25) is 0 Å². The summed E-state index contributed by atoms with van der Waals surface area (Å²) in [5.41, 5.74) is -0.676. The van der Waals surface area contributed by atoms with E-state index in [0.717, 1.165) is 12.1 Å². The molecule has 1 heterocycles. The Labute approximate surface area is 123 Å². The molecule has 0 radical (unpaired) electrons. The Morgan fingerprint density at radius 1 is 1.27 bits per heavy atom. The molecule has 9 heteroatoms. The van der Waals surface area contributed by atoms with Gasteiger partial charge in [0.05, 0.1) is 5.56 Å². The molecule has 0 unspecified atom stereocenters. The van der Waals surface area contributed by atoms with Gasteiger partial charge < -0.3 is 20.3 Å². The Morgan fingerprint density at radius 3 is 2.23 bits per heavy atom. The molecule has 0 saturated carbocycles. The van der Waals surface area contributed by atoms with Crippen molar-refractivity contribution >= 4 is 11.9 Å². The molecule has 0 spiro atoms. The lowest BCUT2D eigenvalue weighted by Gasteiger charge is -2.35. The van der Waals surface area contributed by atoms with E-state index in [9.17, 15) is 13.2 Å². The third-order valence-corrected chi connectivity index (χ3v) is 2.83. The van der Waals surface area contributed by atoms with Crippen molar-refractivity contribution in [3.05, 3.63) is 29.8 Å². The second-order valence-electron chi connectivity index (χ2n) is 4.49. The summed E-state index contributed by atoms with van der Waals surface area (Å²) in [6, 6.07) is 5.16. The zero-order chi connectivity index (χ0) is 16.9. The zero-order valence-corrected chi connectivity index (χ0v) is 11.4. The maximum atomic E-state index is 12.4. The SMILES string of the molecule is C[C@H]1NC[C@@H]1Oc1cccc(C(F)(F)F)c1.O=C(O)C(=O)O. The fraction of sp³-hybridized carbons (Fsp3) is 0.385. The molecule has 0 aromatic heterocycles. The first-order chi connectivity index (χ1) is 10.1. The molecular weight excluding hydrogens is 307 g/mol. The van der Waals surface area contributed by atoms with Crippen LogP contribution in [0.5, 0.6) is 5.75 Å². The van der Waals surface area contributed by atoms with E-state index in [4.69, 9.17) is 24.5 Å². The number of carbonyl (C=O) groups is 2. The van der Waals surface area contributed by atoms with E-state index in [1.54, 1.807) is 6.07 Å². The highest BCUT2D eigenvalue weighted by atomic mass is 19.4. The Balaban J connectivity index is 0.000000346. The summed E-state index contributed by atoms with van der Waals surface area (Å²) in [5, 5.41) is 17.9. The normalized spacial score (nSPS) is 20.2. The first kappa shape index (κ1) is 17.8. The number of carboxylic acid groups (broad SMARTS) is 2. The van der Waals surface area contributed by atoms with Gasteiger partial charge >= 0.3 is 18.1 Å². The molecule has 0 bridgehead atoms. The molecule has 3 N–H and O–H groups in total. The molecule has 1 aromatic rings. The number of hydrogen-bond donors (Lipinski definition) is 3. The van der Waals surface area contributed by atoms with Gasteiger partial charge in [-0.25, -0.2) is 9.59 Å². The highest BCUT2D eigenvalue weighted by molar-refractivity contribution is 6.27. The molecule has 1 saturated heterocycles. The van der Waals surface area contributed by atoms with Crippen LogP contribution in [0, 0.1) is 0 Å². The molecule has 1 fully saturated rings. The standard InChI is InChI=1S/C11H12F3NO.C2H2O4/c1-7-10(6-15-7)16-9-4-2-3-8(5-9)11(12,13)14;3-1(4)2(5)6/h2-5,7,10,15H,6H2,1H3;(H,3,4)(H,5,6)/t7-,10+;/m1./s1. The Morgan fingerprint density at radius 2 is 1.86 bits per heavy atom. The molecule has 2 atom stereocenters. The topological polar surface area (TPSA) is 95.9 Å². The van der Waals surface area contributed by atoms with Crippen LogP contribution >= 0.6 is 0 Å². The second kappa shape index (κ2) is 7.12. The molecule has 1 aliphatic heterocycles. The summed E-state index contributed by atoms with van der Waals surface area (Å²) in [7, 11) is 0. The fourth-order valence-corrected chi connectivity index (χ4v) is 1.51. The first-order valence-corrected chi connectivity index (χ1v) is 6.14. The first-order valence-electron chi connectivity index (χ1n) is 6.14. The molecule has 6 nitrogen and oxygen atoms in total. The summed E-state index contributed by atoms with van der Waals surface area (Å²) < 4.78 is 42.7. The summed E-state index contributed by atoms with van der Waals surface area (Å²) in [5.74, 6) is -3.38. The van der Waals surface area contributed by atoms with Gasteiger partial charge in [-0.2, -0.15) is 13.2 Å². The third-order valence-electron chi connectivity index (χ3n) is 2.83. The molecule has 1 aliphatic rings. The van der Waals surface area contributed by atoms with Crippen LogP contribution in [0.15, 0.2) is 24.3 Å². The monoisotopic (exact) mass is 321 g/mol. The quantitative estimate of drug-likeness (QED) is 0.716. The van der Waals surface area contributed by atoms with Crippen molar-refractivity contribution in [2.75, 3.05) is 6.54 Å². The van der Waals surface area contributed by atoms with Gasteiger partial charge in [0.25, 0.3) is 0 Å². The second-order valence-corrected chi connectivity index (χ2v) is 4.49. The van der Waals surface area contributed by atoms with Gasteiger partial charge in [-0.15, -0.1) is 0 Å². The molecule has 22 heavy (non-hydrogen) atoms. The number of aliphatic carboxylic acids is 2. The van der Waals surface area contributed by atoms with Gasteiger partial charge in [0.2, 0.25) is 0 Å². The average molecular weight is 321 g/mol. The highest BCUT2D eigenvalue weighted by Gasteiger charge is 2.32. The van der Waals surface area contributed by atoms with Crippen molar-refractivity contribution in [1.82, 2.24) is 5.32 Å². The van der Waals surface area contributed by atoms with Gasteiger partial charge in [0.15, 0.2) is 0 Å². The van der Waals surface area contributed by atoms with E-state index < -0.39 is 23.7 Å². The third kappa shape index (κ3) is 5.24. The van der Waals surface area contributed by atoms with E-state index in [1.165, 1.54) is 6.07 Å². The predicted molar refractivity (Wildman–Crippen MR) is 68.6 cm³/mol. The van der Waals surface area contributed by atoms with Crippen LogP contribution in [0.4, 0.5) is 13.2 Å². The number of carboxylic acids is 2. The lowest BCUT2D eigenvalue weighted by Crippen LogP contribution is -2.58. The summed E-state index contributed by atoms with van der Waals surface area (Å²) in [6.07, 6.45) is -4.36. The van der Waals surface area contributed by atoms with E-state index in [-0.39, 0.29) is 17.9 Å². The summed E-state index contributed by atoms with van der Waals surface area (Å²) in [6.45, 7) is 2.61. The summed E-state index contributed by atoms with van der Waals surface area (Å²) in [4.78, 5) is 18.2. The van der Waals surface area contributed by atoms with Crippen molar-refractivity contribution < 1.29 is 37.7 Å². The van der Waals surface area contributed by atoms with Crippen LogP contribution in [0.1, 0.15) is 12.5 Å². The van der Waals surface area contributed by atoms with Crippen LogP contribution in [0.3, 0.4) is 0 Å². The minimum Gasteiger partial charge on any atom is -0.487 e. The highest BCUT2D eigenvalue weighted by Crippen LogP contribution is 2.31. The van der Waals surface area contributed by atoms with Crippen LogP contribution < -0.4 is 10.1 Å². The number of nitrogens with one attached hydrogen (secondary N) is 1. The van der Waals surface area contributed by atoms with Crippen LogP contribution in [-0.4, -0.2) is 40.8 Å². The van der Waals surface area contributed by atoms with Crippen molar-refractivity contribution in [3.63, 3.8) is 0 Å². The van der Waals surface area contributed by atoms with Crippen LogP contribution in [-0.2, 0) is 15.8 Å². The van der Waals surface area contributed by atoms with Gasteiger partial charge in [-0.05, 0) is 25.1 Å². The van der Waals surface area contributed by atoms with Crippen LogP contribution in [0.2, 0.25) is 0 Å². The maximum Gasteiger partial charge on any atom is 0.416 e. The average Bonchev–Trinajstić information content (AvgIpc) is 2.43. The van der Waals surface area contributed by atoms with Gasteiger partial charge in [-0.1, -0.05) is 6.07 Å². The maximum absolute atomic E-state index is 12.4. The number of benzene rings is 1. The van der Waals surface area contributed by atoms with Crippen LogP contribution in [0.25, 0.3) is 0 Å². The van der Waals surface area contributed by atoms with E-state index >= 15 is 0 Å². The molecule has 0 aliphatic carbocycles. The largest absolute Gasteiger partial charge is 0.487 e. The lowest BCUT2D eigenvalue weighted by molar-refractivity contribution is -0.159. The fourth-order valence-electron chi connectivity index (χ4n) is 1.51. The summed E-state index contributed by atoms with van der Waals surface area (Å²) >= 11 is 0. The molecule has 2 rings (SSSR count).